The van der Waals surface area contributed by atoms with Gasteiger partial charge in [-0.15, -0.1) is 0 Å². The minimum absolute atomic E-state index is 0.138. The Morgan fingerprint density at radius 1 is 1.26 bits per heavy atom. The van der Waals surface area contributed by atoms with Crippen LogP contribution in [0.1, 0.15) is 59.3 Å². The van der Waals surface area contributed by atoms with Crippen LogP contribution in [0.25, 0.3) is 0 Å². The molecule has 0 aliphatic heterocycles. The maximum absolute atomic E-state index is 12.3. The predicted octanol–water partition coefficient (Wildman–Crippen LogP) is 2.91. The molecular weight excluding hydrogens is 240 g/mol. The lowest BCUT2D eigenvalue weighted by Crippen LogP contribution is -2.62. The fourth-order valence-electron chi connectivity index (χ4n) is 4.58. The van der Waals surface area contributed by atoms with E-state index in [1.165, 1.54) is 6.42 Å². The van der Waals surface area contributed by atoms with Gasteiger partial charge >= 0.3 is 5.97 Å². The molecule has 4 aliphatic rings. The van der Waals surface area contributed by atoms with Crippen molar-refractivity contribution in [3.05, 3.63) is 0 Å². The smallest absolute Gasteiger partial charge is 0.311 e. The van der Waals surface area contributed by atoms with Crippen molar-refractivity contribution in [2.24, 2.45) is 23.2 Å². The third kappa shape index (κ3) is 2.10. The Hall–Kier alpha value is -0.570. The van der Waals surface area contributed by atoms with Gasteiger partial charge in [0, 0.05) is 0 Å². The number of carbonyl (C=O) groups is 1. The molecule has 0 heterocycles. The van der Waals surface area contributed by atoms with E-state index in [1.807, 2.05) is 20.8 Å². The molecule has 0 spiro atoms. The molecule has 0 radical (unpaired) electrons. The molecule has 0 aromatic rings. The Morgan fingerprint density at radius 3 is 2.32 bits per heavy atom. The highest BCUT2D eigenvalue weighted by Gasteiger charge is 2.58. The van der Waals surface area contributed by atoms with Gasteiger partial charge in [0.15, 0.2) is 0 Å². The van der Waals surface area contributed by atoms with E-state index in [1.54, 1.807) is 0 Å². The zero-order valence-electron chi connectivity index (χ0n) is 12.3. The first-order valence-corrected chi connectivity index (χ1v) is 7.77. The first-order chi connectivity index (χ1) is 8.84. The highest BCUT2D eigenvalue weighted by atomic mass is 16.6. The van der Waals surface area contributed by atoms with Gasteiger partial charge in [-0.1, -0.05) is 6.92 Å². The largest absolute Gasteiger partial charge is 0.459 e. The number of carbonyl (C=O) groups excluding carboxylic acids is 1. The molecule has 1 N–H and O–H groups in total. The zero-order valence-corrected chi connectivity index (χ0v) is 12.3. The van der Waals surface area contributed by atoms with Crippen LogP contribution in [0.4, 0.5) is 0 Å². The van der Waals surface area contributed by atoms with Crippen molar-refractivity contribution in [2.45, 2.75) is 71.0 Å². The Labute approximate surface area is 115 Å². The van der Waals surface area contributed by atoms with Crippen LogP contribution in [0.3, 0.4) is 0 Å². The number of hydrogen-bond acceptors (Lipinski definition) is 3. The third-order valence-electron chi connectivity index (χ3n) is 5.85. The summed E-state index contributed by atoms with van der Waals surface area (Å²) in [4.78, 5) is 12.3. The lowest BCUT2D eigenvalue weighted by Gasteiger charge is -2.58. The van der Waals surface area contributed by atoms with Gasteiger partial charge in [-0.3, -0.25) is 4.79 Å². The maximum Gasteiger partial charge on any atom is 0.311 e. The summed E-state index contributed by atoms with van der Waals surface area (Å²) in [5, 5.41) is 10.9. The molecule has 19 heavy (non-hydrogen) atoms. The second kappa shape index (κ2) is 4.21. The van der Waals surface area contributed by atoms with Gasteiger partial charge in [0.25, 0.3) is 0 Å². The minimum Gasteiger partial charge on any atom is -0.459 e. The summed E-state index contributed by atoms with van der Waals surface area (Å²) in [6.07, 6.45) is 5.76. The Balaban J connectivity index is 1.76. The Bertz CT molecular complexity index is 373. The molecule has 3 unspecified atom stereocenters. The van der Waals surface area contributed by atoms with Crippen LogP contribution >= 0.6 is 0 Å². The SMILES string of the molecule is CCC(C)(C)C(=O)OC1C2CC3CC(C2)CC1(O)C3. The molecule has 4 aliphatic carbocycles. The lowest BCUT2D eigenvalue weighted by molar-refractivity contribution is -0.227. The van der Waals surface area contributed by atoms with Gasteiger partial charge in [-0.25, -0.2) is 0 Å². The topological polar surface area (TPSA) is 46.5 Å². The number of ether oxygens (including phenoxy) is 1. The van der Waals surface area contributed by atoms with Gasteiger partial charge in [0.1, 0.15) is 11.7 Å². The second-order valence-electron chi connectivity index (χ2n) is 7.77. The van der Waals surface area contributed by atoms with E-state index in [4.69, 9.17) is 4.74 Å². The van der Waals surface area contributed by atoms with Crippen LogP contribution in [0.2, 0.25) is 0 Å². The summed E-state index contributed by atoms with van der Waals surface area (Å²) < 4.78 is 5.80. The number of rotatable bonds is 3. The minimum atomic E-state index is -0.728. The molecule has 0 amide bonds. The van der Waals surface area contributed by atoms with E-state index in [2.05, 4.69) is 0 Å². The van der Waals surface area contributed by atoms with E-state index in [0.717, 1.165) is 32.1 Å². The van der Waals surface area contributed by atoms with Crippen LogP contribution in [0.5, 0.6) is 0 Å². The number of aliphatic hydroxyl groups is 1. The third-order valence-corrected chi connectivity index (χ3v) is 5.85. The molecule has 0 saturated heterocycles. The van der Waals surface area contributed by atoms with Crippen molar-refractivity contribution >= 4 is 5.97 Å². The molecular formula is C16H26O3. The molecule has 0 aromatic carbocycles. The van der Waals surface area contributed by atoms with E-state index in [-0.39, 0.29) is 12.1 Å². The monoisotopic (exact) mass is 266 g/mol. The van der Waals surface area contributed by atoms with Gasteiger partial charge in [0.05, 0.1) is 5.41 Å². The molecule has 0 aromatic heterocycles. The molecule has 108 valence electrons. The fourth-order valence-corrected chi connectivity index (χ4v) is 4.58. The number of hydrogen-bond donors (Lipinski definition) is 1. The van der Waals surface area contributed by atoms with Crippen molar-refractivity contribution in [1.82, 2.24) is 0 Å². The quantitative estimate of drug-likeness (QED) is 0.799. The van der Waals surface area contributed by atoms with E-state index in [0.29, 0.717) is 17.8 Å². The summed E-state index contributed by atoms with van der Waals surface area (Å²) in [6.45, 7) is 5.86. The van der Waals surface area contributed by atoms with Crippen LogP contribution in [-0.4, -0.2) is 22.8 Å². The lowest BCUT2D eigenvalue weighted by atomic mass is 9.53. The summed E-state index contributed by atoms with van der Waals surface area (Å²) in [5.41, 5.74) is -1.17. The summed E-state index contributed by atoms with van der Waals surface area (Å²) in [5.74, 6) is 1.59. The van der Waals surface area contributed by atoms with Gasteiger partial charge in [0.2, 0.25) is 0 Å². The highest BCUT2D eigenvalue weighted by molar-refractivity contribution is 5.76. The summed E-state index contributed by atoms with van der Waals surface area (Å²) in [6, 6.07) is 0. The maximum atomic E-state index is 12.3. The summed E-state index contributed by atoms with van der Waals surface area (Å²) >= 11 is 0. The van der Waals surface area contributed by atoms with Crippen LogP contribution in [0, 0.1) is 23.2 Å². The first kappa shape index (κ1) is 13.4. The first-order valence-electron chi connectivity index (χ1n) is 7.77. The van der Waals surface area contributed by atoms with Gasteiger partial charge in [-0.2, -0.15) is 0 Å². The van der Waals surface area contributed by atoms with E-state index in [9.17, 15) is 9.90 Å². The van der Waals surface area contributed by atoms with Gasteiger partial charge < -0.3 is 9.84 Å². The van der Waals surface area contributed by atoms with Crippen LogP contribution < -0.4 is 0 Å². The predicted molar refractivity (Wildman–Crippen MR) is 72.5 cm³/mol. The van der Waals surface area contributed by atoms with Crippen molar-refractivity contribution < 1.29 is 14.6 Å². The molecule has 4 saturated carbocycles. The fraction of sp³-hybridized carbons (Fsp3) is 0.938. The molecule has 4 bridgehead atoms. The second-order valence-corrected chi connectivity index (χ2v) is 7.77. The molecule has 4 rings (SSSR count). The molecule has 3 heteroatoms. The van der Waals surface area contributed by atoms with Crippen LogP contribution in [-0.2, 0) is 9.53 Å². The molecule has 4 fully saturated rings. The Kier molecular flexibility index (Phi) is 2.97. The van der Waals surface area contributed by atoms with Crippen molar-refractivity contribution in [3.8, 4) is 0 Å². The van der Waals surface area contributed by atoms with Crippen LogP contribution in [0.15, 0.2) is 0 Å². The van der Waals surface area contributed by atoms with E-state index >= 15 is 0 Å². The standard InChI is InChI=1S/C16H26O3/c1-4-15(2,3)14(17)19-13-12-6-10-5-11(7-12)9-16(13,18)8-10/h10-13,18H,4-9H2,1-3H3. The van der Waals surface area contributed by atoms with Crippen molar-refractivity contribution in [3.63, 3.8) is 0 Å². The summed E-state index contributed by atoms with van der Waals surface area (Å²) in [7, 11) is 0. The average molecular weight is 266 g/mol. The normalized spacial score (nSPS) is 44.4. The molecule has 3 atom stereocenters. The highest BCUT2D eigenvalue weighted by Crippen LogP contribution is 2.56. The Morgan fingerprint density at radius 2 is 1.84 bits per heavy atom. The van der Waals surface area contributed by atoms with Crippen molar-refractivity contribution in [1.29, 1.82) is 0 Å². The molecule has 3 nitrogen and oxygen atoms in total. The zero-order chi connectivity index (χ0) is 13.8. The number of esters is 1. The van der Waals surface area contributed by atoms with E-state index < -0.39 is 11.0 Å². The van der Waals surface area contributed by atoms with Gasteiger partial charge in [-0.05, 0) is 70.1 Å². The van der Waals surface area contributed by atoms with Crippen molar-refractivity contribution in [2.75, 3.05) is 0 Å². The average Bonchev–Trinajstić information content (AvgIpc) is 2.32.